The minimum absolute atomic E-state index is 0.0312. The highest BCUT2D eigenvalue weighted by molar-refractivity contribution is 5.92. The number of carbonyl (C=O) groups excluding carboxylic acids is 1. The van der Waals surface area contributed by atoms with Crippen molar-refractivity contribution >= 4 is 5.91 Å². The van der Waals surface area contributed by atoms with Crippen LogP contribution in [-0.4, -0.2) is 29.1 Å². The molecule has 4 nitrogen and oxygen atoms in total. The molecule has 0 aliphatic heterocycles. The fourth-order valence-corrected chi connectivity index (χ4v) is 1.84. The van der Waals surface area contributed by atoms with Gasteiger partial charge in [0.25, 0.3) is 5.91 Å². The van der Waals surface area contributed by atoms with Crippen LogP contribution in [-0.2, 0) is 0 Å². The standard InChI is InChI=1S/C13H22N2O2/c1-5-11(6-2)9-15(7-3)13(16)12-8-10(4)17-14-12/h8,11H,5-7,9H2,1-4H3. The Kier molecular flexibility index (Phi) is 5.19. The van der Waals surface area contributed by atoms with E-state index in [4.69, 9.17) is 4.52 Å². The Labute approximate surface area is 103 Å². The van der Waals surface area contributed by atoms with E-state index in [0.29, 0.717) is 23.9 Å². The van der Waals surface area contributed by atoms with Crippen LogP contribution >= 0.6 is 0 Å². The van der Waals surface area contributed by atoms with E-state index in [2.05, 4.69) is 19.0 Å². The van der Waals surface area contributed by atoms with Crippen LogP contribution < -0.4 is 0 Å². The second-order valence-electron chi connectivity index (χ2n) is 4.35. The molecule has 0 spiro atoms. The lowest BCUT2D eigenvalue weighted by atomic mass is 10.0. The summed E-state index contributed by atoms with van der Waals surface area (Å²) in [5, 5.41) is 3.78. The normalized spacial score (nSPS) is 10.9. The third-order valence-corrected chi connectivity index (χ3v) is 3.15. The monoisotopic (exact) mass is 238 g/mol. The highest BCUT2D eigenvalue weighted by atomic mass is 16.5. The van der Waals surface area contributed by atoms with E-state index in [1.807, 2.05) is 11.8 Å². The molecule has 0 N–H and O–H groups in total. The first-order valence-electron chi connectivity index (χ1n) is 6.34. The van der Waals surface area contributed by atoms with Crippen LogP contribution in [0.2, 0.25) is 0 Å². The lowest BCUT2D eigenvalue weighted by molar-refractivity contribution is 0.0724. The van der Waals surface area contributed by atoms with Crippen molar-refractivity contribution in [1.82, 2.24) is 10.1 Å². The molecule has 1 aromatic heterocycles. The van der Waals surface area contributed by atoms with Crippen molar-refractivity contribution in [3.05, 3.63) is 17.5 Å². The first-order chi connectivity index (χ1) is 8.12. The van der Waals surface area contributed by atoms with Gasteiger partial charge in [0, 0.05) is 19.2 Å². The maximum atomic E-state index is 12.2. The second kappa shape index (κ2) is 6.42. The molecule has 0 bridgehead atoms. The van der Waals surface area contributed by atoms with E-state index in [9.17, 15) is 4.79 Å². The average molecular weight is 238 g/mol. The molecular weight excluding hydrogens is 216 g/mol. The summed E-state index contributed by atoms with van der Waals surface area (Å²) in [6.07, 6.45) is 2.19. The minimum atomic E-state index is -0.0312. The Hall–Kier alpha value is -1.32. The van der Waals surface area contributed by atoms with Gasteiger partial charge in [-0.3, -0.25) is 4.79 Å². The number of hydrogen-bond donors (Lipinski definition) is 0. The molecule has 0 unspecified atom stereocenters. The molecule has 1 aromatic rings. The molecule has 0 fully saturated rings. The highest BCUT2D eigenvalue weighted by Crippen LogP contribution is 2.13. The third-order valence-electron chi connectivity index (χ3n) is 3.15. The summed E-state index contributed by atoms with van der Waals surface area (Å²) in [5.74, 6) is 1.20. The smallest absolute Gasteiger partial charge is 0.276 e. The molecule has 0 aliphatic rings. The number of rotatable bonds is 6. The van der Waals surface area contributed by atoms with Gasteiger partial charge >= 0.3 is 0 Å². The van der Waals surface area contributed by atoms with Crippen LogP contribution in [0.4, 0.5) is 0 Å². The molecular formula is C13H22N2O2. The summed E-state index contributed by atoms with van der Waals surface area (Å²) >= 11 is 0. The van der Waals surface area contributed by atoms with Gasteiger partial charge in [0.1, 0.15) is 5.76 Å². The summed E-state index contributed by atoms with van der Waals surface area (Å²) in [7, 11) is 0. The topological polar surface area (TPSA) is 46.3 Å². The molecule has 0 aromatic carbocycles. The van der Waals surface area contributed by atoms with E-state index < -0.39 is 0 Å². The number of nitrogens with zero attached hydrogens (tertiary/aromatic N) is 2. The molecule has 4 heteroatoms. The predicted molar refractivity (Wildman–Crippen MR) is 66.9 cm³/mol. The summed E-state index contributed by atoms with van der Waals surface area (Å²) in [6, 6.07) is 1.69. The molecule has 0 saturated carbocycles. The number of hydrogen-bond acceptors (Lipinski definition) is 3. The van der Waals surface area contributed by atoms with Gasteiger partial charge in [0.05, 0.1) is 0 Å². The molecule has 96 valence electrons. The van der Waals surface area contributed by atoms with Crippen LogP contribution in [0.25, 0.3) is 0 Å². The summed E-state index contributed by atoms with van der Waals surface area (Å²) in [5.41, 5.74) is 0.412. The molecule has 1 heterocycles. The highest BCUT2D eigenvalue weighted by Gasteiger charge is 2.20. The van der Waals surface area contributed by atoms with Crippen molar-refractivity contribution in [3.8, 4) is 0 Å². The molecule has 0 radical (unpaired) electrons. The lowest BCUT2D eigenvalue weighted by Crippen LogP contribution is -2.35. The zero-order valence-corrected chi connectivity index (χ0v) is 11.2. The number of carbonyl (C=O) groups is 1. The van der Waals surface area contributed by atoms with E-state index in [1.54, 1.807) is 13.0 Å². The van der Waals surface area contributed by atoms with Gasteiger partial charge in [-0.05, 0) is 19.8 Å². The molecule has 1 amide bonds. The number of aryl methyl sites for hydroxylation is 1. The minimum Gasteiger partial charge on any atom is -0.361 e. The van der Waals surface area contributed by atoms with Crippen molar-refractivity contribution in [3.63, 3.8) is 0 Å². The zero-order valence-electron chi connectivity index (χ0n) is 11.2. The second-order valence-corrected chi connectivity index (χ2v) is 4.35. The van der Waals surface area contributed by atoms with Gasteiger partial charge in [0.2, 0.25) is 0 Å². The SMILES string of the molecule is CCC(CC)CN(CC)C(=O)c1cc(C)on1. The van der Waals surface area contributed by atoms with Crippen molar-refractivity contribution in [2.24, 2.45) is 5.92 Å². The molecule has 17 heavy (non-hydrogen) atoms. The van der Waals surface area contributed by atoms with Crippen LogP contribution in [0.5, 0.6) is 0 Å². The van der Waals surface area contributed by atoms with Gasteiger partial charge in [-0.15, -0.1) is 0 Å². The fourth-order valence-electron chi connectivity index (χ4n) is 1.84. The van der Waals surface area contributed by atoms with Crippen molar-refractivity contribution in [1.29, 1.82) is 0 Å². The Morgan fingerprint density at radius 3 is 2.47 bits per heavy atom. The Morgan fingerprint density at radius 2 is 2.06 bits per heavy atom. The van der Waals surface area contributed by atoms with Gasteiger partial charge in [-0.2, -0.15) is 0 Å². The summed E-state index contributed by atoms with van der Waals surface area (Å²) < 4.78 is 4.94. The first-order valence-corrected chi connectivity index (χ1v) is 6.34. The van der Waals surface area contributed by atoms with Gasteiger partial charge in [-0.25, -0.2) is 0 Å². The van der Waals surface area contributed by atoms with E-state index >= 15 is 0 Å². The predicted octanol–water partition coefficient (Wildman–Crippen LogP) is 2.88. The van der Waals surface area contributed by atoms with Crippen LogP contribution in [0.1, 0.15) is 49.9 Å². The molecule has 0 aliphatic carbocycles. The summed E-state index contributed by atoms with van der Waals surface area (Å²) in [6.45, 7) is 9.61. The Bertz CT molecular complexity index is 356. The maximum Gasteiger partial charge on any atom is 0.276 e. The largest absolute Gasteiger partial charge is 0.361 e. The molecule has 0 atom stereocenters. The van der Waals surface area contributed by atoms with Gasteiger partial charge in [-0.1, -0.05) is 31.8 Å². The number of amides is 1. The van der Waals surface area contributed by atoms with E-state index in [-0.39, 0.29) is 5.91 Å². The van der Waals surface area contributed by atoms with Crippen molar-refractivity contribution < 1.29 is 9.32 Å². The Morgan fingerprint density at radius 1 is 1.41 bits per heavy atom. The quantitative estimate of drug-likeness (QED) is 0.765. The zero-order chi connectivity index (χ0) is 12.8. The van der Waals surface area contributed by atoms with Crippen molar-refractivity contribution in [2.45, 2.75) is 40.5 Å². The number of aromatic nitrogens is 1. The maximum absolute atomic E-state index is 12.2. The van der Waals surface area contributed by atoms with Crippen LogP contribution in [0.15, 0.2) is 10.6 Å². The third kappa shape index (κ3) is 3.58. The average Bonchev–Trinajstić information content (AvgIpc) is 2.77. The van der Waals surface area contributed by atoms with Crippen LogP contribution in [0, 0.1) is 12.8 Å². The van der Waals surface area contributed by atoms with E-state index in [0.717, 1.165) is 19.4 Å². The Balaban J connectivity index is 2.70. The van der Waals surface area contributed by atoms with Crippen molar-refractivity contribution in [2.75, 3.05) is 13.1 Å². The molecule has 0 saturated heterocycles. The fraction of sp³-hybridized carbons (Fsp3) is 0.692. The summed E-state index contributed by atoms with van der Waals surface area (Å²) in [4.78, 5) is 14.0. The van der Waals surface area contributed by atoms with Gasteiger partial charge < -0.3 is 9.42 Å². The molecule has 1 rings (SSSR count). The van der Waals surface area contributed by atoms with E-state index in [1.165, 1.54) is 0 Å². The lowest BCUT2D eigenvalue weighted by Gasteiger charge is -2.24. The van der Waals surface area contributed by atoms with Crippen LogP contribution in [0.3, 0.4) is 0 Å². The first kappa shape index (κ1) is 13.7. The van der Waals surface area contributed by atoms with Gasteiger partial charge in [0.15, 0.2) is 5.69 Å².